The molecule has 0 radical (unpaired) electrons. The van der Waals surface area contributed by atoms with Crippen LogP contribution in [0.2, 0.25) is 0 Å². The first-order valence-electron chi connectivity index (χ1n) is 5.99. The highest BCUT2D eigenvalue weighted by Crippen LogP contribution is 2.28. The normalized spacial score (nSPS) is 31.8. The summed E-state index contributed by atoms with van der Waals surface area (Å²) in [7, 11) is 0. The van der Waals surface area contributed by atoms with Crippen LogP contribution in [0.3, 0.4) is 0 Å². The van der Waals surface area contributed by atoms with Crippen molar-refractivity contribution < 1.29 is 25.0 Å². The zero-order valence-corrected chi connectivity index (χ0v) is 12.7. The molecular weight excluding hydrogens is 381 g/mol. The molecule has 0 aromatic heterocycles. The topological polar surface area (TPSA) is 119 Å². The van der Waals surface area contributed by atoms with Gasteiger partial charge in [0.05, 0.1) is 19.3 Å². The van der Waals surface area contributed by atoms with E-state index in [4.69, 9.17) is 15.6 Å². The second kappa shape index (κ2) is 6.26. The fourth-order valence-electron chi connectivity index (χ4n) is 2.20. The van der Waals surface area contributed by atoms with Crippen molar-refractivity contribution in [2.24, 2.45) is 5.73 Å². The lowest BCUT2D eigenvalue weighted by atomic mass is 10.1. The number of rotatable bonds is 3. The minimum atomic E-state index is -0.850. The first-order chi connectivity index (χ1) is 9.49. The highest BCUT2D eigenvalue weighted by Gasteiger charge is 2.42. The van der Waals surface area contributed by atoms with Crippen LogP contribution in [-0.4, -0.2) is 63.0 Å². The Hall–Kier alpha value is -0.880. The summed E-state index contributed by atoms with van der Waals surface area (Å²) in [6.07, 6.45) is -0.446. The standard InChI is InChI=1S/C11H16IN3O5/c12-2-1-6-4-14(11(18)15(19)10(6)13)9-3-7(17)8(5-16)20-9/h1-2,7-9,16-17,19H,3-5,13H2/t7-,8+,9+/m0/s1. The van der Waals surface area contributed by atoms with Gasteiger partial charge >= 0.3 is 6.03 Å². The van der Waals surface area contributed by atoms with Crippen LogP contribution in [0, 0.1) is 0 Å². The number of ether oxygens (including phenoxy) is 1. The van der Waals surface area contributed by atoms with E-state index in [2.05, 4.69) is 0 Å². The molecule has 2 heterocycles. The van der Waals surface area contributed by atoms with Crippen LogP contribution >= 0.6 is 22.6 Å². The molecule has 5 N–H and O–H groups in total. The van der Waals surface area contributed by atoms with E-state index in [0.717, 1.165) is 0 Å². The van der Waals surface area contributed by atoms with E-state index < -0.39 is 24.5 Å². The van der Waals surface area contributed by atoms with Crippen LogP contribution in [0.4, 0.5) is 4.79 Å². The lowest BCUT2D eigenvalue weighted by molar-refractivity contribution is -0.0914. The third kappa shape index (κ3) is 2.76. The Morgan fingerprint density at radius 2 is 2.25 bits per heavy atom. The summed E-state index contributed by atoms with van der Waals surface area (Å²) in [5, 5.41) is 28.8. The van der Waals surface area contributed by atoms with Gasteiger partial charge in [0.1, 0.15) is 18.2 Å². The van der Waals surface area contributed by atoms with Gasteiger partial charge in [0.2, 0.25) is 0 Å². The lowest BCUT2D eigenvalue weighted by Gasteiger charge is -2.36. The van der Waals surface area contributed by atoms with E-state index in [1.165, 1.54) is 4.90 Å². The van der Waals surface area contributed by atoms with Crippen LogP contribution < -0.4 is 5.73 Å². The zero-order chi connectivity index (χ0) is 14.9. The first kappa shape index (κ1) is 15.5. The van der Waals surface area contributed by atoms with Crippen molar-refractivity contribution in [3.63, 3.8) is 0 Å². The maximum atomic E-state index is 12.0. The molecule has 0 saturated carbocycles. The first-order valence-corrected chi connectivity index (χ1v) is 7.23. The van der Waals surface area contributed by atoms with Crippen molar-refractivity contribution in [1.82, 2.24) is 9.96 Å². The maximum absolute atomic E-state index is 12.0. The molecule has 1 fully saturated rings. The van der Waals surface area contributed by atoms with Gasteiger partial charge in [-0.1, -0.05) is 22.6 Å². The Kier molecular flexibility index (Phi) is 4.86. The fourth-order valence-corrected chi connectivity index (χ4v) is 2.64. The van der Waals surface area contributed by atoms with Gasteiger partial charge in [0, 0.05) is 12.0 Å². The number of aliphatic hydroxyl groups is 2. The van der Waals surface area contributed by atoms with Crippen molar-refractivity contribution in [1.29, 1.82) is 0 Å². The zero-order valence-electron chi connectivity index (χ0n) is 10.5. The second-order valence-corrected chi connectivity index (χ2v) is 5.26. The van der Waals surface area contributed by atoms with Gasteiger partial charge in [-0.3, -0.25) is 10.1 Å². The third-order valence-corrected chi connectivity index (χ3v) is 3.68. The van der Waals surface area contributed by atoms with Crippen LogP contribution in [0.25, 0.3) is 0 Å². The highest BCUT2D eigenvalue weighted by molar-refractivity contribution is 14.1. The Morgan fingerprint density at radius 1 is 1.55 bits per heavy atom. The van der Waals surface area contributed by atoms with Gasteiger partial charge < -0.3 is 20.7 Å². The quantitative estimate of drug-likeness (QED) is 0.384. The Morgan fingerprint density at radius 3 is 2.80 bits per heavy atom. The number of aliphatic hydroxyl groups excluding tert-OH is 2. The summed E-state index contributed by atoms with van der Waals surface area (Å²) in [6.45, 7) is -0.169. The highest BCUT2D eigenvalue weighted by atomic mass is 127. The number of nitrogens with two attached hydrogens (primary N) is 1. The largest absolute Gasteiger partial charge is 0.394 e. The Bertz CT molecular complexity index is 455. The predicted molar refractivity (Wildman–Crippen MR) is 76.5 cm³/mol. The van der Waals surface area contributed by atoms with Crippen LogP contribution in [0.15, 0.2) is 21.6 Å². The van der Waals surface area contributed by atoms with E-state index in [1.807, 2.05) is 22.6 Å². The van der Waals surface area contributed by atoms with Crippen LogP contribution in [0.5, 0.6) is 0 Å². The average Bonchev–Trinajstić information content (AvgIpc) is 2.80. The molecule has 0 aliphatic carbocycles. The van der Waals surface area contributed by atoms with Crippen LogP contribution in [-0.2, 0) is 4.74 Å². The van der Waals surface area contributed by atoms with E-state index in [1.54, 1.807) is 10.2 Å². The molecule has 2 aliphatic rings. The number of amides is 2. The molecule has 2 rings (SSSR count). The molecule has 3 atom stereocenters. The maximum Gasteiger partial charge on any atom is 0.352 e. The van der Waals surface area contributed by atoms with Gasteiger partial charge in [-0.25, -0.2) is 4.79 Å². The van der Waals surface area contributed by atoms with Crippen molar-refractivity contribution in [2.45, 2.75) is 24.9 Å². The summed E-state index contributed by atoms with van der Waals surface area (Å²) in [5.41, 5.74) is 6.23. The van der Waals surface area contributed by atoms with Crippen molar-refractivity contribution >= 4 is 28.6 Å². The molecule has 112 valence electrons. The third-order valence-electron chi connectivity index (χ3n) is 3.32. The SMILES string of the molecule is NC1=C(C=CI)CN([C@H]2C[C@H](O)[C@@H](CO)O2)C(=O)N1O. The molecule has 0 bridgehead atoms. The Balaban J connectivity index is 2.20. The van der Waals surface area contributed by atoms with E-state index in [-0.39, 0.29) is 25.4 Å². The second-order valence-electron chi connectivity index (χ2n) is 4.54. The monoisotopic (exact) mass is 397 g/mol. The summed E-state index contributed by atoms with van der Waals surface area (Å²) in [6, 6.07) is -0.719. The number of urea groups is 1. The number of hydrogen-bond donors (Lipinski definition) is 4. The molecule has 0 unspecified atom stereocenters. The van der Waals surface area contributed by atoms with Gasteiger partial charge in [-0.15, -0.1) is 0 Å². The molecule has 0 aromatic carbocycles. The van der Waals surface area contributed by atoms with Crippen LogP contribution in [0.1, 0.15) is 6.42 Å². The van der Waals surface area contributed by atoms with Gasteiger partial charge in [0.25, 0.3) is 0 Å². The van der Waals surface area contributed by atoms with Gasteiger partial charge in [0.15, 0.2) is 0 Å². The molecule has 1 saturated heterocycles. The molecule has 2 amide bonds. The molecule has 20 heavy (non-hydrogen) atoms. The minimum absolute atomic E-state index is 0.0311. The Labute approximate surface area is 129 Å². The van der Waals surface area contributed by atoms with Crippen molar-refractivity contribution in [2.75, 3.05) is 13.2 Å². The summed E-state index contributed by atoms with van der Waals surface area (Å²) < 4.78 is 7.13. The predicted octanol–water partition coefficient (Wildman–Crippen LogP) is -0.300. The number of hydroxylamine groups is 2. The fraction of sp³-hybridized carbons (Fsp3) is 0.545. The van der Waals surface area contributed by atoms with E-state index in [0.29, 0.717) is 10.6 Å². The molecule has 9 heteroatoms. The van der Waals surface area contributed by atoms with E-state index in [9.17, 15) is 15.1 Å². The smallest absolute Gasteiger partial charge is 0.352 e. The number of halogens is 1. The molecule has 8 nitrogen and oxygen atoms in total. The molecular formula is C11H16IN3O5. The summed E-state index contributed by atoms with van der Waals surface area (Å²) in [4.78, 5) is 13.3. The summed E-state index contributed by atoms with van der Waals surface area (Å²) >= 11 is 2.00. The van der Waals surface area contributed by atoms with Gasteiger partial charge in [-0.05, 0) is 10.2 Å². The lowest BCUT2D eigenvalue weighted by Crippen LogP contribution is -2.52. The summed E-state index contributed by atoms with van der Waals surface area (Å²) in [5.74, 6) is -0.0311. The average molecular weight is 397 g/mol. The van der Waals surface area contributed by atoms with E-state index >= 15 is 0 Å². The van der Waals surface area contributed by atoms with Crippen molar-refractivity contribution in [3.8, 4) is 0 Å². The number of carbonyl (C=O) groups is 1. The minimum Gasteiger partial charge on any atom is -0.394 e. The molecule has 0 spiro atoms. The van der Waals surface area contributed by atoms with Crippen molar-refractivity contribution in [3.05, 3.63) is 21.6 Å². The number of hydrogen-bond acceptors (Lipinski definition) is 6. The number of carbonyl (C=O) groups excluding carboxylic acids is 1. The molecule has 0 aromatic rings. The number of nitrogens with zero attached hydrogens (tertiary/aromatic N) is 2. The van der Waals surface area contributed by atoms with Gasteiger partial charge in [-0.2, -0.15) is 5.06 Å². The molecule has 2 aliphatic heterocycles.